The molecule has 1 aliphatic carbocycles. The summed E-state index contributed by atoms with van der Waals surface area (Å²) in [6.07, 6.45) is 2.58. The Morgan fingerprint density at radius 3 is 2.10 bits per heavy atom. The molecule has 2 amide bonds. The van der Waals surface area contributed by atoms with Gasteiger partial charge in [0.25, 0.3) is 0 Å². The molecule has 0 bridgehead atoms. The monoisotopic (exact) mass is 287 g/mol. The Morgan fingerprint density at radius 2 is 1.67 bits per heavy atom. The van der Waals surface area contributed by atoms with Gasteiger partial charge in [0.05, 0.1) is 23.1 Å². The van der Waals surface area contributed by atoms with Gasteiger partial charge in [-0.2, -0.15) is 0 Å². The van der Waals surface area contributed by atoms with Crippen molar-refractivity contribution in [2.24, 2.45) is 17.8 Å². The molecule has 1 aromatic carbocycles. The van der Waals surface area contributed by atoms with E-state index >= 15 is 0 Å². The smallest absolute Gasteiger partial charge is 0.335 e. The summed E-state index contributed by atoms with van der Waals surface area (Å²) < 4.78 is 0. The first-order valence-corrected chi connectivity index (χ1v) is 7.24. The number of nitrogens with zero attached hydrogens (tertiary/aromatic N) is 1. The second kappa shape index (κ2) is 4.98. The molecule has 0 radical (unpaired) electrons. The maximum absolute atomic E-state index is 12.5. The standard InChI is InChI=1S/C16H17NO4/c1-2-9-7-12-13(8-9)15(19)17(14(12)18)11-5-3-10(4-6-11)16(20)21/h3-6,9,12-13H,2,7-8H2,1H3,(H,20,21). The number of hydrogen-bond acceptors (Lipinski definition) is 3. The molecule has 2 fully saturated rings. The minimum Gasteiger partial charge on any atom is -0.478 e. The van der Waals surface area contributed by atoms with E-state index in [-0.39, 0.29) is 29.2 Å². The van der Waals surface area contributed by atoms with Crippen molar-refractivity contribution in [1.82, 2.24) is 0 Å². The first-order chi connectivity index (χ1) is 10.0. The Labute approximate surface area is 122 Å². The zero-order chi connectivity index (χ0) is 15.1. The predicted molar refractivity (Wildman–Crippen MR) is 75.9 cm³/mol. The van der Waals surface area contributed by atoms with Crippen molar-refractivity contribution in [1.29, 1.82) is 0 Å². The second-order valence-electron chi connectivity index (χ2n) is 5.82. The first kappa shape index (κ1) is 13.8. The lowest BCUT2D eigenvalue weighted by atomic mass is 10.00. The fourth-order valence-corrected chi connectivity index (χ4v) is 3.47. The lowest BCUT2D eigenvalue weighted by molar-refractivity contribution is -0.123. The molecule has 1 saturated carbocycles. The van der Waals surface area contributed by atoms with Crippen molar-refractivity contribution in [3.63, 3.8) is 0 Å². The number of amides is 2. The number of carboxylic acid groups (broad SMARTS) is 1. The second-order valence-corrected chi connectivity index (χ2v) is 5.82. The quantitative estimate of drug-likeness (QED) is 0.866. The molecule has 2 unspecified atom stereocenters. The largest absolute Gasteiger partial charge is 0.478 e. The third-order valence-corrected chi connectivity index (χ3v) is 4.69. The van der Waals surface area contributed by atoms with Crippen molar-refractivity contribution < 1.29 is 19.5 Å². The number of carboxylic acids is 1. The molecule has 110 valence electrons. The van der Waals surface area contributed by atoms with Crippen molar-refractivity contribution >= 4 is 23.5 Å². The van der Waals surface area contributed by atoms with Crippen molar-refractivity contribution in [2.45, 2.75) is 26.2 Å². The van der Waals surface area contributed by atoms with Gasteiger partial charge in [-0.15, -0.1) is 0 Å². The molecule has 21 heavy (non-hydrogen) atoms. The van der Waals surface area contributed by atoms with Crippen LogP contribution in [0.2, 0.25) is 0 Å². The van der Waals surface area contributed by atoms with Crippen LogP contribution in [0, 0.1) is 17.8 Å². The molecule has 0 spiro atoms. The number of rotatable bonds is 3. The molecule has 2 aliphatic rings. The van der Waals surface area contributed by atoms with E-state index in [1.807, 2.05) is 0 Å². The molecule has 2 atom stereocenters. The third-order valence-electron chi connectivity index (χ3n) is 4.69. The summed E-state index contributed by atoms with van der Waals surface area (Å²) in [6, 6.07) is 5.89. The van der Waals surface area contributed by atoms with E-state index in [0.29, 0.717) is 11.6 Å². The van der Waals surface area contributed by atoms with Gasteiger partial charge in [-0.05, 0) is 43.0 Å². The van der Waals surface area contributed by atoms with Crippen LogP contribution in [-0.2, 0) is 9.59 Å². The van der Waals surface area contributed by atoms with E-state index in [4.69, 9.17) is 5.11 Å². The van der Waals surface area contributed by atoms with E-state index < -0.39 is 5.97 Å². The van der Waals surface area contributed by atoms with Gasteiger partial charge in [0.15, 0.2) is 0 Å². The lowest BCUT2D eigenvalue weighted by Gasteiger charge is -2.17. The molecule has 3 rings (SSSR count). The molecule has 1 N–H and O–H groups in total. The van der Waals surface area contributed by atoms with Crippen molar-refractivity contribution in [3.05, 3.63) is 29.8 Å². The lowest BCUT2D eigenvalue weighted by Crippen LogP contribution is -2.32. The maximum atomic E-state index is 12.5. The number of anilines is 1. The highest BCUT2D eigenvalue weighted by atomic mass is 16.4. The van der Waals surface area contributed by atoms with Gasteiger partial charge < -0.3 is 5.11 Å². The number of aromatic carboxylic acids is 1. The molecular weight excluding hydrogens is 270 g/mol. The summed E-state index contributed by atoms with van der Waals surface area (Å²) in [6.45, 7) is 2.09. The van der Waals surface area contributed by atoms with Crippen LogP contribution >= 0.6 is 0 Å². The molecule has 5 heteroatoms. The highest BCUT2D eigenvalue weighted by Crippen LogP contribution is 2.45. The summed E-state index contributed by atoms with van der Waals surface area (Å²) in [4.78, 5) is 37.0. The van der Waals surface area contributed by atoms with Gasteiger partial charge >= 0.3 is 5.97 Å². The van der Waals surface area contributed by atoms with Crippen LogP contribution in [0.15, 0.2) is 24.3 Å². The van der Waals surface area contributed by atoms with E-state index in [1.165, 1.54) is 29.2 Å². The molecular formula is C16H17NO4. The van der Waals surface area contributed by atoms with E-state index in [0.717, 1.165) is 19.3 Å². The molecule has 0 aromatic heterocycles. The third kappa shape index (κ3) is 2.13. The van der Waals surface area contributed by atoms with Gasteiger partial charge in [-0.3, -0.25) is 14.5 Å². The fourth-order valence-electron chi connectivity index (χ4n) is 3.47. The number of carbonyl (C=O) groups excluding carboxylic acids is 2. The zero-order valence-electron chi connectivity index (χ0n) is 11.8. The molecule has 5 nitrogen and oxygen atoms in total. The molecule has 1 saturated heterocycles. The topological polar surface area (TPSA) is 74.7 Å². The summed E-state index contributed by atoms with van der Waals surface area (Å²) in [5, 5.41) is 8.89. The van der Waals surface area contributed by atoms with Crippen LogP contribution in [0.4, 0.5) is 5.69 Å². The van der Waals surface area contributed by atoms with Gasteiger partial charge in [-0.25, -0.2) is 4.79 Å². The minimum atomic E-state index is -1.02. The van der Waals surface area contributed by atoms with Gasteiger partial charge in [-0.1, -0.05) is 13.3 Å². The average molecular weight is 287 g/mol. The Hall–Kier alpha value is -2.17. The zero-order valence-corrected chi connectivity index (χ0v) is 11.8. The summed E-state index contributed by atoms with van der Waals surface area (Å²) in [5.74, 6) is -1.22. The number of carbonyl (C=O) groups is 3. The normalized spacial score (nSPS) is 28.0. The minimum absolute atomic E-state index is 0.135. The van der Waals surface area contributed by atoms with Crippen LogP contribution in [-0.4, -0.2) is 22.9 Å². The predicted octanol–water partition coefficient (Wildman–Crippen LogP) is 2.31. The molecule has 1 heterocycles. The van der Waals surface area contributed by atoms with Gasteiger partial charge in [0.2, 0.25) is 11.8 Å². The molecule has 1 aliphatic heterocycles. The SMILES string of the molecule is CCC1CC2C(=O)N(c3ccc(C(=O)O)cc3)C(=O)C2C1. The highest BCUT2D eigenvalue weighted by Gasteiger charge is 2.52. The van der Waals surface area contributed by atoms with Crippen LogP contribution in [0.5, 0.6) is 0 Å². The number of hydrogen-bond donors (Lipinski definition) is 1. The Bertz CT molecular complexity index is 583. The van der Waals surface area contributed by atoms with Gasteiger partial charge in [0.1, 0.15) is 0 Å². The highest BCUT2D eigenvalue weighted by molar-refractivity contribution is 6.22. The molecule has 1 aromatic rings. The Kier molecular flexibility index (Phi) is 3.27. The van der Waals surface area contributed by atoms with Gasteiger partial charge in [0, 0.05) is 0 Å². The summed E-state index contributed by atoms with van der Waals surface area (Å²) in [5.41, 5.74) is 0.613. The number of fused-ring (bicyclic) bond motifs is 1. The van der Waals surface area contributed by atoms with Crippen molar-refractivity contribution in [3.8, 4) is 0 Å². The Balaban J connectivity index is 1.86. The first-order valence-electron chi connectivity index (χ1n) is 7.24. The summed E-state index contributed by atoms with van der Waals surface area (Å²) in [7, 11) is 0. The maximum Gasteiger partial charge on any atom is 0.335 e. The van der Waals surface area contributed by atoms with Crippen LogP contribution < -0.4 is 4.90 Å². The van der Waals surface area contributed by atoms with Crippen LogP contribution in [0.25, 0.3) is 0 Å². The Morgan fingerprint density at radius 1 is 1.14 bits per heavy atom. The number of imide groups is 1. The fraction of sp³-hybridized carbons (Fsp3) is 0.438. The number of benzene rings is 1. The van der Waals surface area contributed by atoms with E-state index in [1.54, 1.807) is 0 Å². The van der Waals surface area contributed by atoms with Crippen LogP contribution in [0.1, 0.15) is 36.5 Å². The average Bonchev–Trinajstić information content (AvgIpc) is 3.00. The summed E-state index contributed by atoms with van der Waals surface area (Å²) >= 11 is 0. The van der Waals surface area contributed by atoms with E-state index in [2.05, 4.69) is 6.92 Å². The van der Waals surface area contributed by atoms with E-state index in [9.17, 15) is 14.4 Å². The van der Waals surface area contributed by atoms with Crippen molar-refractivity contribution in [2.75, 3.05) is 4.90 Å². The van der Waals surface area contributed by atoms with Crippen LogP contribution in [0.3, 0.4) is 0 Å².